The van der Waals surface area contributed by atoms with Gasteiger partial charge in [0.15, 0.2) is 0 Å². The monoisotopic (exact) mass is 284 g/mol. The minimum absolute atomic E-state index is 0.150. The molecule has 0 bridgehead atoms. The van der Waals surface area contributed by atoms with Gasteiger partial charge in [-0.3, -0.25) is 4.79 Å². The Bertz CT molecular complexity index is 416. The van der Waals surface area contributed by atoms with Gasteiger partial charge in [0, 0.05) is 16.8 Å². The summed E-state index contributed by atoms with van der Waals surface area (Å²) >= 11 is 3.36. The van der Waals surface area contributed by atoms with Crippen molar-refractivity contribution in [2.75, 3.05) is 0 Å². The maximum absolute atomic E-state index is 12.9. The first-order valence-corrected chi connectivity index (χ1v) is 6.34. The maximum atomic E-state index is 12.9. The van der Waals surface area contributed by atoms with Crippen LogP contribution in [0.2, 0.25) is 0 Å². The molecule has 1 aromatic carbocycles. The molecule has 1 aliphatic rings. The van der Waals surface area contributed by atoms with Crippen molar-refractivity contribution in [3.63, 3.8) is 0 Å². The molecule has 0 heterocycles. The molecule has 1 nitrogen and oxygen atoms in total. The van der Waals surface area contributed by atoms with Gasteiger partial charge in [-0.25, -0.2) is 4.39 Å². The van der Waals surface area contributed by atoms with Crippen molar-refractivity contribution >= 4 is 21.7 Å². The second kappa shape index (κ2) is 4.66. The molecule has 0 radical (unpaired) electrons. The summed E-state index contributed by atoms with van der Waals surface area (Å²) in [5, 5.41) is 0. The zero-order chi connectivity index (χ0) is 11.7. The lowest BCUT2D eigenvalue weighted by Crippen LogP contribution is -2.13. The van der Waals surface area contributed by atoms with Crippen LogP contribution >= 0.6 is 15.9 Å². The molecule has 0 saturated heterocycles. The molecular formula is C13H14BrFO. The topological polar surface area (TPSA) is 17.1 Å². The molecule has 86 valence electrons. The van der Waals surface area contributed by atoms with Crippen molar-refractivity contribution in [1.29, 1.82) is 0 Å². The van der Waals surface area contributed by atoms with Gasteiger partial charge >= 0.3 is 0 Å². The van der Waals surface area contributed by atoms with E-state index in [4.69, 9.17) is 0 Å². The third-order valence-electron chi connectivity index (χ3n) is 3.47. The second-order valence-corrected chi connectivity index (χ2v) is 5.35. The first kappa shape index (κ1) is 11.8. The zero-order valence-electron chi connectivity index (χ0n) is 9.17. The predicted octanol–water partition coefficient (Wildman–Crippen LogP) is 3.75. The van der Waals surface area contributed by atoms with Gasteiger partial charge in [0.05, 0.1) is 0 Å². The van der Waals surface area contributed by atoms with Crippen LogP contribution in [0, 0.1) is 17.7 Å². The highest BCUT2D eigenvalue weighted by atomic mass is 79.9. The molecule has 0 N–H and O–H groups in total. The molecule has 1 aromatic rings. The normalized spacial score (nSPS) is 25.1. The van der Waals surface area contributed by atoms with Gasteiger partial charge < -0.3 is 0 Å². The van der Waals surface area contributed by atoms with Gasteiger partial charge in [-0.2, -0.15) is 0 Å². The van der Waals surface area contributed by atoms with Crippen LogP contribution in [0.4, 0.5) is 4.39 Å². The van der Waals surface area contributed by atoms with E-state index in [1.54, 1.807) is 6.07 Å². The van der Waals surface area contributed by atoms with Crippen LogP contribution in [0.25, 0.3) is 0 Å². The Labute approximate surface area is 103 Å². The number of halogens is 2. The Hall–Kier alpha value is -0.700. The van der Waals surface area contributed by atoms with Crippen molar-refractivity contribution in [2.24, 2.45) is 11.8 Å². The molecule has 1 aliphatic carbocycles. The summed E-state index contributed by atoms with van der Waals surface area (Å²) in [5.74, 6) is 0.695. The largest absolute Gasteiger partial charge is 0.299 e. The molecule has 1 fully saturated rings. The van der Waals surface area contributed by atoms with E-state index in [0.29, 0.717) is 18.1 Å². The highest BCUT2D eigenvalue weighted by Gasteiger charge is 2.30. The molecule has 0 aliphatic heterocycles. The quantitative estimate of drug-likeness (QED) is 0.809. The molecule has 2 rings (SSSR count). The molecule has 2 unspecified atom stereocenters. The SMILES string of the molecule is CC1C(=O)CCC1Cc1ccc(F)cc1Br. The summed E-state index contributed by atoms with van der Waals surface area (Å²) in [6, 6.07) is 4.76. The van der Waals surface area contributed by atoms with Gasteiger partial charge in [-0.05, 0) is 36.5 Å². The fourth-order valence-electron chi connectivity index (χ4n) is 2.32. The minimum atomic E-state index is -0.230. The average molecular weight is 285 g/mol. The van der Waals surface area contributed by atoms with Gasteiger partial charge in [0.25, 0.3) is 0 Å². The number of rotatable bonds is 2. The third-order valence-corrected chi connectivity index (χ3v) is 4.21. The Balaban J connectivity index is 2.12. The van der Waals surface area contributed by atoms with Crippen LogP contribution < -0.4 is 0 Å². The number of carbonyl (C=O) groups excluding carboxylic acids is 1. The molecule has 0 aromatic heterocycles. The number of ketones is 1. The van der Waals surface area contributed by atoms with Crippen LogP contribution in [0.5, 0.6) is 0 Å². The second-order valence-electron chi connectivity index (χ2n) is 4.49. The summed E-state index contributed by atoms with van der Waals surface area (Å²) in [7, 11) is 0. The molecule has 16 heavy (non-hydrogen) atoms. The standard InChI is InChI=1S/C13H14BrFO/c1-8-9(3-5-13(8)16)6-10-2-4-11(15)7-12(10)14/h2,4,7-9H,3,5-6H2,1H3. The van der Waals surface area contributed by atoms with Gasteiger partial charge in [0.2, 0.25) is 0 Å². The molecule has 0 amide bonds. The van der Waals surface area contributed by atoms with Crippen molar-refractivity contribution in [3.8, 4) is 0 Å². The summed E-state index contributed by atoms with van der Waals surface area (Å²) in [5.41, 5.74) is 1.09. The number of benzene rings is 1. The fraction of sp³-hybridized carbons (Fsp3) is 0.462. The molecule has 2 atom stereocenters. The van der Waals surface area contributed by atoms with E-state index < -0.39 is 0 Å². The van der Waals surface area contributed by atoms with Crippen LogP contribution in [-0.2, 0) is 11.2 Å². The fourth-order valence-corrected chi connectivity index (χ4v) is 2.83. The number of carbonyl (C=O) groups is 1. The van der Waals surface area contributed by atoms with Crippen molar-refractivity contribution < 1.29 is 9.18 Å². The van der Waals surface area contributed by atoms with E-state index in [-0.39, 0.29) is 11.7 Å². The van der Waals surface area contributed by atoms with Gasteiger partial charge in [0.1, 0.15) is 11.6 Å². The van der Waals surface area contributed by atoms with E-state index in [9.17, 15) is 9.18 Å². The number of hydrogen-bond donors (Lipinski definition) is 0. The van der Waals surface area contributed by atoms with Crippen LogP contribution in [0.15, 0.2) is 22.7 Å². The first-order valence-electron chi connectivity index (χ1n) is 5.54. The van der Waals surface area contributed by atoms with E-state index >= 15 is 0 Å². The third kappa shape index (κ3) is 2.34. The maximum Gasteiger partial charge on any atom is 0.135 e. The Kier molecular flexibility index (Phi) is 3.43. The molecular weight excluding hydrogens is 271 g/mol. The lowest BCUT2D eigenvalue weighted by molar-refractivity contribution is -0.120. The van der Waals surface area contributed by atoms with Crippen molar-refractivity contribution in [1.82, 2.24) is 0 Å². The van der Waals surface area contributed by atoms with Crippen molar-refractivity contribution in [3.05, 3.63) is 34.1 Å². The highest BCUT2D eigenvalue weighted by molar-refractivity contribution is 9.10. The molecule has 0 spiro atoms. The Morgan fingerprint density at radius 1 is 1.50 bits per heavy atom. The lowest BCUT2D eigenvalue weighted by atomic mass is 9.91. The summed E-state index contributed by atoms with van der Waals surface area (Å²) in [6.07, 6.45) is 2.52. The summed E-state index contributed by atoms with van der Waals surface area (Å²) in [4.78, 5) is 11.4. The average Bonchev–Trinajstić information content (AvgIpc) is 2.54. The smallest absolute Gasteiger partial charge is 0.135 e. The van der Waals surface area contributed by atoms with Crippen molar-refractivity contribution in [2.45, 2.75) is 26.2 Å². The molecule has 3 heteroatoms. The van der Waals surface area contributed by atoms with E-state index in [2.05, 4.69) is 15.9 Å². The minimum Gasteiger partial charge on any atom is -0.299 e. The number of hydrogen-bond acceptors (Lipinski definition) is 1. The summed E-state index contributed by atoms with van der Waals surface area (Å²) < 4.78 is 13.7. The number of Topliss-reactive ketones (excluding diaryl/α,β-unsaturated/α-hetero) is 1. The predicted molar refractivity (Wildman–Crippen MR) is 64.7 cm³/mol. The van der Waals surface area contributed by atoms with E-state index in [0.717, 1.165) is 22.9 Å². The van der Waals surface area contributed by atoms with Gasteiger partial charge in [-0.1, -0.05) is 28.9 Å². The Morgan fingerprint density at radius 2 is 2.25 bits per heavy atom. The van der Waals surface area contributed by atoms with E-state index in [1.165, 1.54) is 12.1 Å². The first-order chi connectivity index (χ1) is 7.58. The zero-order valence-corrected chi connectivity index (χ0v) is 10.8. The molecule has 1 saturated carbocycles. The van der Waals surface area contributed by atoms with Crippen LogP contribution in [0.3, 0.4) is 0 Å². The highest BCUT2D eigenvalue weighted by Crippen LogP contribution is 2.33. The Morgan fingerprint density at radius 3 is 2.81 bits per heavy atom. The lowest BCUT2D eigenvalue weighted by Gasteiger charge is -2.15. The van der Waals surface area contributed by atoms with E-state index in [1.807, 2.05) is 6.92 Å². The van der Waals surface area contributed by atoms with Crippen LogP contribution in [-0.4, -0.2) is 5.78 Å². The van der Waals surface area contributed by atoms with Crippen LogP contribution in [0.1, 0.15) is 25.3 Å². The van der Waals surface area contributed by atoms with Gasteiger partial charge in [-0.15, -0.1) is 0 Å². The summed E-state index contributed by atoms with van der Waals surface area (Å²) in [6.45, 7) is 2.00.